The highest BCUT2D eigenvalue weighted by Crippen LogP contribution is 2.16. The zero-order chi connectivity index (χ0) is 11.5. The summed E-state index contributed by atoms with van der Waals surface area (Å²) in [5.74, 6) is 1.58. The number of hydrogen-bond donors (Lipinski definition) is 1. The molecule has 16 heavy (non-hydrogen) atoms. The lowest BCUT2D eigenvalue weighted by Crippen LogP contribution is -2.45. The van der Waals surface area contributed by atoms with E-state index in [9.17, 15) is 4.79 Å². The van der Waals surface area contributed by atoms with Gasteiger partial charge in [-0.15, -0.1) is 0 Å². The lowest BCUT2D eigenvalue weighted by Gasteiger charge is -2.29. The molecule has 0 aliphatic carbocycles. The maximum atomic E-state index is 11.9. The largest absolute Gasteiger partial charge is 0.345 e. The molecule has 92 valence electrons. The third-order valence-corrected chi connectivity index (χ3v) is 3.78. The van der Waals surface area contributed by atoms with E-state index in [2.05, 4.69) is 17.3 Å². The van der Waals surface area contributed by atoms with Crippen molar-refractivity contribution in [2.75, 3.05) is 46.8 Å². The van der Waals surface area contributed by atoms with Crippen molar-refractivity contribution in [1.82, 2.24) is 15.1 Å². The number of nitrogens with zero attached hydrogens (tertiary/aromatic N) is 2. The van der Waals surface area contributed by atoms with Crippen molar-refractivity contribution >= 4 is 5.91 Å². The third kappa shape index (κ3) is 2.95. The van der Waals surface area contributed by atoms with E-state index >= 15 is 0 Å². The second-order valence-corrected chi connectivity index (χ2v) is 5.42. The monoisotopic (exact) mass is 225 g/mol. The summed E-state index contributed by atoms with van der Waals surface area (Å²) in [6.45, 7) is 5.29. The molecule has 4 nitrogen and oxygen atoms in total. The second kappa shape index (κ2) is 5.15. The third-order valence-electron chi connectivity index (χ3n) is 3.78. The van der Waals surface area contributed by atoms with Crippen molar-refractivity contribution in [2.45, 2.75) is 12.8 Å². The van der Waals surface area contributed by atoms with Gasteiger partial charge in [0.05, 0.1) is 0 Å². The summed E-state index contributed by atoms with van der Waals surface area (Å²) >= 11 is 0. The van der Waals surface area contributed by atoms with Crippen LogP contribution in [0.5, 0.6) is 0 Å². The van der Waals surface area contributed by atoms with Crippen molar-refractivity contribution in [3.63, 3.8) is 0 Å². The van der Waals surface area contributed by atoms with E-state index in [0.717, 1.165) is 32.6 Å². The zero-order valence-electron chi connectivity index (χ0n) is 10.4. The zero-order valence-corrected chi connectivity index (χ0v) is 10.4. The fraction of sp³-hybridized carbons (Fsp3) is 0.917. The molecule has 1 amide bonds. The van der Waals surface area contributed by atoms with Crippen molar-refractivity contribution < 1.29 is 4.79 Å². The first-order valence-corrected chi connectivity index (χ1v) is 6.28. The van der Waals surface area contributed by atoms with Crippen LogP contribution in [0.2, 0.25) is 0 Å². The Morgan fingerprint density at radius 2 is 2.19 bits per heavy atom. The molecule has 0 radical (unpaired) electrons. The van der Waals surface area contributed by atoms with Gasteiger partial charge in [-0.2, -0.15) is 0 Å². The highest BCUT2D eigenvalue weighted by molar-refractivity contribution is 5.76. The Balaban J connectivity index is 1.69. The van der Waals surface area contributed by atoms with Gasteiger partial charge in [0.25, 0.3) is 0 Å². The smallest absolute Gasteiger partial charge is 0.222 e. The predicted octanol–water partition coefficient (Wildman–Crippen LogP) is 0.00600. The Hall–Kier alpha value is -0.610. The van der Waals surface area contributed by atoms with Crippen LogP contribution in [0.3, 0.4) is 0 Å². The Kier molecular flexibility index (Phi) is 3.82. The van der Waals surface area contributed by atoms with Crippen LogP contribution in [0.4, 0.5) is 0 Å². The lowest BCUT2D eigenvalue weighted by molar-refractivity contribution is -0.131. The molecule has 2 saturated heterocycles. The average Bonchev–Trinajstić information content (AvgIpc) is 2.57. The number of carbonyl (C=O) groups excluding carboxylic acids is 1. The fourth-order valence-corrected chi connectivity index (χ4v) is 2.56. The summed E-state index contributed by atoms with van der Waals surface area (Å²) in [5, 5.41) is 3.21. The van der Waals surface area contributed by atoms with Gasteiger partial charge in [0.15, 0.2) is 0 Å². The number of hydrogen-bond acceptors (Lipinski definition) is 3. The van der Waals surface area contributed by atoms with Crippen LogP contribution < -0.4 is 5.32 Å². The van der Waals surface area contributed by atoms with E-state index in [1.807, 2.05) is 11.9 Å². The van der Waals surface area contributed by atoms with Gasteiger partial charge in [0.1, 0.15) is 0 Å². The van der Waals surface area contributed by atoms with Gasteiger partial charge in [-0.1, -0.05) is 0 Å². The Morgan fingerprint density at radius 1 is 1.44 bits per heavy atom. The molecule has 0 saturated carbocycles. The second-order valence-electron chi connectivity index (χ2n) is 5.42. The number of carbonyl (C=O) groups is 1. The number of amides is 1. The molecule has 4 heteroatoms. The van der Waals surface area contributed by atoms with Gasteiger partial charge in [0.2, 0.25) is 5.91 Å². The summed E-state index contributed by atoms with van der Waals surface area (Å²) < 4.78 is 0. The van der Waals surface area contributed by atoms with E-state index in [1.54, 1.807) is 0 Å². The van der Waals surface area contributed by atoms with Gasteiger partial charge in [0, 0.05) is 26.6 Å². The molecular weight excluding hydrogens is 202 g/mol. The van der Waals surface area contributed by atoms with Crippen molar-refractivity contribution in [1.29, 1.82) is 0 Å². The quantitative estimate of drug-likeness (QED) is 0.732. The minimum absolute atomic E-state index is 0.320. The van der Waals surface area contributed by atoms with Gasteiger partial charge >= 0.3 is 0 Å². The first kappa shape index (κ1) is 11.9. The van der Waals surface area contributed by atoms with Crippen LogP contribution in [0.15, 0.2) is 0 Å². The van der Waals surface area contributed by atoms with Crippen molar-refractivity contribution in [2.24, 2.45) is 11.8 Å². The summed E-state index contributed by atoms with van der Waals surface area (Å²) in [5.41, 5.74) is 0. The van der Waals surface area contributed by atoms with Gasteiger partial charge in [-0.25, -0.2) is 0 Å². The molecule has 2 aliphatic rings. The normalized spacial score (nSPS) is 26.8. The molecule has 0 bridgehead atoms. The van der Waals surface area contributed by atoms with Gasteiger partial charge in [-0.05, 0) is 44.9 Å². The predicted molar refractivity (Wildman–Crippen MR) is 64.2 cm³/mol. The number of rotatable bonds is 4. The van der Waals surface area contributed by atoms with Crippen LogP contribution in [0.1, 0.15) is 12.8 Å². The maximum Gasteiger partial charge on any atom is 0.222 e. The number of nitrogens with one attached hydrogen (secondary N) is 1. The molecular formula is C12H23N3O. The summed E-state index contributed by atoms with van der Waals surface area (Å²) in [6.07, 6.45) is 1.96. The van der Waals surface area contributed by atoms with E-state index in [4.69, 9.17) is 0 Å². The molecule has 2 rings (SSSR count). The van der Waals surface area contributed by atoms with Gasteiger partial charge < -0.3 is 15.1 Å². The molecule has 2 fully saturated rings. The SMILES string of the molecule is CN1CCC(CN(C)C(=O)CC2CNC2)C1. The molecule has 0 aromatic rings. The van der Waals surface area contributed by atoms with Crippen molar-refractivity contribution in [3.8, 4) is 0 Å². The minimum atomic E-state index is 0.320. The number of likely N-dealkylation sites (tertiary alicyclic amines) is 1. The van der Waals surface area contributed by atoms with E-state index < -0.39 is 0 Å². The van der Waals surface area contributed by atoms with Crippen LogP contribution >= 0.6 is 0 Å². The van der Waals surface area contributed by atoms with Crippen LogP contribution in [0, 0.1) is 11.8 Å². The lowest BCUT2D eigenvalue weighted by atomic mass is 9.98. The van der Waals surface area contributed by atoms with Crippen molar-refractivity contribution in [3.05, 3.63) is 0 Å². The molecule has 0 aromatic heterocycles. The highest BCUT2D eigenvalue weighted by atomic mass is 16.2. The molecule has 1 atom stereocenters. The van der Waals surface area contributed by atoms with Crippen LogP contribution in [-0.2, 0) is 4.79 Å². The van der Waals surface area contributed by atoms with Crippen LogP contribution in [-0.4, -0.2) is 62.5 Å². The summed E-state index contributed by atoms with van der Waals surface area (Å²) in [6, 6.07) is 0. The van der Waals surface area contributed by atoms with Crippen LogP contribution in [0.25, 0.3) is 0 Å². The topological polar surface area (TPSA) is 35.6 Å². The molecule has 2 aliphatic heterocycles. The molecule has 1 N–H and O–H groups in total. The minimum Gasteiger partial charge on any atom is -0.345 e. The highest BCUT2D eigenvalue weighted by Gasteiger charge is 2.25. The van der Waals surface area contributed by atoms with Gasteiger partial charge in [-0.3, -0.25) is 4.79 Å². The summed E-state index contributed by atoms with van der Waals surface area (Å²) in [4.78, 5) is 16.2. The van der Waals surface area contributed by atoms with E-state index in [0.29, 0.717) is 17.7 Å². The molecule has 0 aromatic carbocycles. The Bertz CT molecular complexity index is 253. The van der Waals surface area contributed by atoms with E-state index in [1.165, 1.54) is 13.0 Å². The molecule has 0 spiro atoms. The molecule has 2 heterocycles. The fourth-order valence-electron chi connectivity index (χ4n) is 2.56. The standard InChI is InChI=1S/C12H23N3O/c1-14-4-3-10(8-14)9-15(2)12(16)5-11-6-13-7-11/h10-11,13H,3-9H2,1-2H3. The Labute approximate surface area is 98.0 Å². The summed E-state index contributed by atoms with van der Waals surface area (Å²) in [7, 11) is 4.11. The average molecular weight is 225 g/mol. The Morgan fingerprint density at radius 3 is 2.69 bits per heavy atom. The first-order chi connectivity index (χ1) is 7.65. The van der Waals surface area contributed by atoms with E-state index in [-0.39, 0.29) is 0 Å². The maximum absolute atomic E-state index is 11.9. The first-order valence-electron chi connectivity index (χ1n) is 6.28. The molecule has 1 unspecified atom stereocenters.